The smallest absolute Gasteiger partial charge is 0.293 e. The third-order valence-corrected chi connectivity index (χ3v) is 5.45. The van der Waals surface area contributed by atoms with Gasteiger partial charge in [0, 0.05) is 11.3 Å². The second-order valence-corrected chi connectivity index (χ2v) is 7.51. The van der Waals surface area contributed by atoms with Crippen LogP contribution < -0.4 is 10.9 Å². The summed E-state index contributed by atoms with van der Waals surface area (Å²) in [5.74, 6) is -0.294. The van der Waals surface area contributed by atoms with Crippen LogP contribution in [0.5, 0.6) is 0 Å². The molecule has 2 heterocycles. The second-order valence-electron chi connectivity index (χ2n) is 7.51. The number of fused-ring (bicyclic) bond motifs is 1. The van der Waals surface area contributed by atoms with E-state index in [1.165, 1.54) is 21.1 Å². The number of amides is 1. The quantitative estimate of drug-likeness (QED) is 0.521. The molecule has 7 nitrogen and oxygen atoms in total. The molecule has 0 aliphatic heterocycles. The Kier molecular flexibility index (Phi) is 5.66. The van der Waals surface area contributed by atoms with Gasteiger partial charge < -0.3 is 5.32 Å². The Bertz CT molecular complexity index is 1300. The molecule has 0 saturated heterocycles. The molecule has 1 amide bonds. The van der Waals surface area contributed by atoms with E-state index < -0.39 is 0 Å². The zero-order valence-electron chi connectivity index (χ0n) is 17.9. The number of aryl methyl sites for hydroxylation is 3. The number of hydrogen-bond donors (Lipinski definition) is 1. The fourth-order valence-electron chi connectivity index (χ4n) is 3.62. The van der Waals surface area contributed by atoms with Crippen molar-refractivity contribution < 1.29 is 4.79 Å². The molecule has 0 aliphatic rings. The lowest BCUT2D eigenvalue weighted by Gasteiger charge is -2.13. The molecule has 0 bridgehead atoms. The lowest BCUT2D eigenvalue weighted by atomic mass is 10.1. The number of nitrogens with one attached hydrogen (secondary N) is 1. The number of carbonyl (C=O) groups excluding carboxylic acids is 1. The van der Waals surface area contributed by atoms with Gasteiger partial charge in [-0.1, -0.05) is 56.3 Å². The standard InChI is InChI=1S/C24H25N5O2/c1-4-17-9-11-19(12-10-17)20-13-21-24(31)28(25-15-29(21)27-20)14-22(30)26-23-16(3)7-6-8-18(23)5-2/h6-13,15H,4-5,14H2,1-3H3,(H,26,30). The first kappa shape index (κ1) is 20.5. The highest BCUT2D eigenvalue weighted by Crippen LogP contribution is 2.21. The molecule has 7 heteroatoms. The third kappa shape index (κ3) is 4.12. The van der Waals surface area contributed by atoms with E-state index >= 15 is 0 Å². The number of carbonyl (C=O) groups is 1. The maximum absolute atomic E-state index is 12.9. The van der Waals surface area contributed by atoms with E-state index in [4.69, 9.17) is 0 Å². The van der Waals surface area contributed by atoms with E-state index in [0.717, 1.165) is 35.2 Å². The number of para-hydroxylation sites is 1. The van der Waals surface area contributed by atoms with Crippen LogP contribution in [0.1, 0.15) is 30.5 Å². The molecule has 0 saturated carbocycles. The molecule has 4 rings (SSSR count). The maximum Gasteiger partial charge on any atom is 0.293 e. The van der Waals surface area contributed by atoms with E-state index in [0.29, 0.717) is 11.2 Å². The molecule has 0 atom stereocenters. The SMILES string of the molecule is CCc1ccc(-c2cc3c(=O)n(CC(=O)Nc4c(C)cccc4CC)ncn3n2)cc1. The Balaban J connectivity index is 1.59. The van der Waals surface area contributed by atoms with Gasteiger partial charge in [-0.15, -0.1) is 0 Å². The molecule has 0 unspecified atom stereocenters. The van der Waals surface area contributed by atoms with Gasteiger partial charge in [0.2, 0.25) is 5.91 Å². The monoisotopic (exact) mass is 415 g/mol. The van der Waals surface area contributed by atoms with Gasteiger partial charge in [0.25, 0.3) is 5.56 Å². The summed E-state index contributed by atoms with van der Waals surface area (Å²) in [6, 6.07) is 15.7. The van der Waals surface area contributed by atoms with Crippen molar-refractivity contribution in [3.05, 3.63) is 81.9 Å². The number of aromatic nitrogens is 4. The van der Waals surface area contributed by atoms with Crippen molar-refractivity contribution in [1.82, 2.24) is 19.4 Å². The molecule has 2 aromatic heterocycles. The van der Waals surface area contributed by atoms with Crippen molar-refractivity contribution in [2.45, 2.75) is 40.2 Å². The molecule has 0 radical (unpaired) electrons. The van der Waals surface area contributed by atoms with Crippen LogP contribution in [0.25, 0.3) is 16.8 Å². The van der Waals surface area contributed by atoms with E-state index in [9.17, 15) is 9.59 Å². The van der Waals surface area contributed by atoms with Crippen LogP contribution in [0.15, 0.2) is 59.7 Å². The van der Waals surface area contributed by atoms with E-state index in [2.05, 4.69) is 34.6 Å². The van der Waals surface area contributed by atoms with Gasteiger partial charge in [-0.25, -0.2) is 9.20 Å². The first-order valence-electron chi connectivity index (χ1n) is 10.4. The lowest BCUT2D eigenvalue weighted by molar-refractivity contribution is -0.117. The van der Waals surface area contributed by atoms with Crippen LogP contribution in [-0.2, 0) is 24.2 Å². The van der Waals surface area contributed by atoms with Gasteiger partial charge in [-0.05, 0) is 42.5 Å². The predicted molar refractivity (Wildman–Crippen MR) is 121 cm³/mol. The number of anilines is 1. The van der Waals surface area contributed by atoms with E-state index in [-0.39, 0.29) is 18.0 Å². The molecule has 31 heavy (non-hydrogen) atoms. The molecular formula is C24H25N5O2. The molecule has 0 spiro atoms. The third-order valence-electron chi connectivity index (χ3n) is 5.45. The zero-order chi connectivity index (χ0) is 22.0. The van der Waals surface area contributed by atoms with Crippen molar-refractivity contribution in [2.75, 3.05) is 5.32 Å². The molecule has 1 N–H and O–H groups in total. The topological polar surface area (TPSA) is 81.3 Å². The molecule has 158 valence electrons. The highest BCUT2D eigenvalue weighted by atomic mass is 16.2. The summed E-state index contributed by atoms with van der Waals surface area (Å²) in [6.07, 6.45) is 3.23. The van der Waals surface area contributed by atoms with Crippen LogP contribution in [0.4, 0.5) is 5.69 Å². The van der Waals surface area contributed by atoms with Gasteiger partial charge in [-0.2, -0.15) is 10.2 Å². The Hall–Kier alpha value is -3.74. The average Bonchev–Trinajstić information content (AvgIpc) is 3.22. The highest BCUT2D eigenvalue weighted by Gasteiger charge is 2.14. The van der Waals surface area contributed by atoms with Crippen molar-refractivity contribution in [1.29, 1.82) is 0 Å². The van der Waals surface area contributed by atoms with Gasteiger partial charge in [0.15, 0.2) is 0 Å². The van der Waals surface area contributed by atoms with Gasteiger partial charge in [-0.3, -0.25) is 9.59 Å². The molecule has 4 aromatic rings. The largest absolute Gasteiger partial charge is 0.324 e. The summed E-state index contributed by atoms with van der Waals surface area (Å²) in [5, 5.41) is 11.5. The van der Waals surface area contributed by atoms with Crippen LogP contribution >= 0.6 is 0 Å². The highest BCUT2D eigenvalue weighted by molar-refractivity contribution is 5.92. The molecule has 0 fully saturated rings. The fraction of sp³-hybridized carbons (Fsp3) is 0.250. The molecule has 2 aromatic carbocycles. The van der Waals surface area contributed by atoms with Crippen molar-refractivity contribution >= 4 is 17.1 Å². The number of benzene rings is 2. The summed E-state index contributed by atoms with van der Waals surface area (Å²) in [7, 11) is 0. The first-order chi connectivity index (χ1) is 15.0. The second kappa shape index (κ2) is 8.55. The minimum Gasteiger partial charge on any atom is -0.324 e. The number of hydrogen-bond acceptors (Lipinski definition) is 4. The molecular weight excluding hydrogens is 390 g/mol. The average molecular weight is 415 g/mol. The van der Waals surface area contributed by atoms with Crippen molar-refractivity contribution in [3.8, 4) is 11.3 Å². The van der Waals surface area contributed by atoms with Gasteiger partial charge >= 0.3 is 0 Å². The van der Waals surface area contributed by atoms with Crippen LogP contribution in [0.3, 0.4) is 0 Å². The Morgan fingerprint density at radius 2 is 1.84 bits per heavy atom. The minimum atomic E-state index is -0.359. The van der Waals surface area contributed by atoms with E-state index in [1.54, 1.807) is 6.07 Å². The first-order valence-corrected chi connectivity index (χ1v) is 10.4. The summed E-state index contributed by atoms with van der Waals surface area (Å²) in [6.45, 7) is 5.93. The Labute approximate surface area is 180 Å². The van der Waals surface area contributed by atoms with Gasteiger partial charge in [0.1, 0.15) is 18.4 Å². The van der Waals surface area contributed by atoms with Gasteiger partial charge in [0.05, 0.1) is 5.69 Å². The lowest BCUT2D eigenvalue weighted by Crippen LogP contribution is -2.31. The van der Waals surface area contributed by atoms with Crippen LogP contribution in [-0.4, -0.2) is 25.3 Å². The number of nitrogens with zero attached hydrogens (tertiary/aromatic N) is 4. The predicted octanol–water partition coefficient (Wildman–Crippen LogP) is 3.63. The van der Waals surface area contributed by atoms with Crippen molar-refractivity contribution in [2.24, 2.45) is 0 Å². The molecule has 0 aliphatic carbocycles. The van der Waals surface area contributed by atoms with Crippen molar-refractivity contribution in [3.63, 3.8) is 0 Å². The summed E-state index contributed by atoms with van der Waals surface area (Å²) in [4.78, 5) is 25.6. The summed E-state index contributed by atoms with van der Waals surface area (Å²) < 4.78 is 2.62. The number of rotatable bonds is 6. The van der Waals surface area contributed by atoms with E-state index in [1.807, 2.05) is 44.2 Å². The minimum absolute atomic E-state index is 0.168. The van der Waals surface area contributed by atoms with Crippen LogP contribution in [0.2, 0.25) is 0 Å². The Morgan fingerprint density at radius 1 is 1.06 bits per heavy atom. The zero-order valence-corrected chi connectivity index (χ0v) is 17.9. The van der Waals surface area contributed by atoms with Crippen LogP contribution in [0, 0.1) is 6.92 Å². The normalized spacial score (nSPS) is 11.1. The maximum atomic E-state index is 12.9. The fourth-order valence-corrected chi connectivity index (χ4v) is 3.62. The Morgan fingerprint density at radius 3 is 2.55 bits per heavy atom. The summed E-state index contributed by atoms with van der Waals surface area (Å²) >= 11 is 0. The summed E-state index contributed by atoms with van der Waals surface area (Å²) in [5.41, 5.74) is 5.71.